The van der Waals surface area contributed by atoms with Gasteiger partial charge in [-0.3, -0.25) is 0 Å². The second-order valence-corrected chi connectivity index (χ2v) is 7.04. The van der Waals surface area contributed by atoms with Crippen LogP contribution in [-0.4, -0.2) is 29.2 Å². The Morgan fingerprint density at radius 1 is 1.29 bits per heavy atom. The van der Waals surface area contributed by atoms with Gasteiger partial charge in [0.05, 0.1) is 11.4 Å². The second-order valence-electron chi connectivity index (χ2n) is 4.58. The zero-order valence-corrected chi connectivity index (χ0v) is 11.7. The molecule has 0 spiro atoms. The van der Waals surface area contributed by atoms with Gasteiger partial charge in [-0.2, -0.15) is 0 Å². The molecule has 1 aromatic rings. The van der Waals surface area contributed by atoms with Gasteiger partial charge in [-0.1, -0.05) is 13.8 Å². The molecule has 0 saturated carbocycles. The fourth-order valence-electron chi connectivity index (χ4n) is 1.30. The average molecular weight is 255 g/mol. The van der Waals surface area contributed by atoms with Gasteiger partial charge in [-0.05, 0) is 30.2 Å². The third-order valence-corrected chi connectivity index (χ3v) is 4.67. The van der Waals surface area contributed by atoms with E-state index >= 15 is 0 Å². The Bertz CT molecular complexity index is 471. The van der Waals surface area contributed by atoms with Gasteiger partial charge in [-0.15, -0.1) is 0 Å². The summed E-state index contributed by atoms with van der Waals surface area (Å²) >= 11 is 0. The quantitative estimate of drug-likeness (QED) is 0.839. The Morgan fingerprint density at radius 2 is 1.82 bits per heavy atom. The molecule has 0 bridgehead atoms. The van der Waals surface area contributed by atoms with Crippen LogP contribution in [0.15, 0.2) is 33.5 Å². The van der Waals surface area contributed by atoms with E-state index in [4.69, 9.17) is 5.73 Å². The van der Waals surface area contributed by atoms with Crippen molar-refractivity contribution in [3.05, 3.63) is 24.3 Å². The average Bonchev–Trinajstić information content (AvgIpc) is 2.26. The van der Waals surface area contributed by atoms with Crippen molar-refractivity contribution in [3.63, 3.8) is 0 Å². The molecule has 1 rings (SSSR count). The van der Waals surface area contributed by atoms with E-state index in [0.29, 0.717) is 23.0 Å². The largest absolute Gasteiger partial charge is 0.399 e. The third kappa shape index (κ3) is 3.44. The molecule has 0 aliphatic carbocycles. The summed E-state index contributed by atoms with van der Waals surface area (Å²) < 4.78 is 18.9. The topological polar surface area (TPSA) is 58.7 Å². The first kappa shape index (κ1) is 14.0. The predicted molar refractivity (Wildman–Crippen MR) is 73.1 cm³/mol. The van der Waals surface area contributed by atoms with Crippen molar-refractivity contribution < 1.29 is 4.21 Å². The fourth-order valence-corrected chi connectivity index (χ4v) is 3.09. The molecular formula is C12H21N3OS. The van der Waals surface area contributed by atoms with Gasteiger partial charge in [-0.25, -0.2) is 12.9 Å². The number of nitrogens with two attached hydrogens (primary N) is 1. The summed E-state index contributed by atoms with van der Waals surface area (Å²) in [6.45, 7) is 4.70. The van der Waals surface area contributed by atoms with Crippen molar-refractivity contribution in [1.82, 2.24) is 4.31 Å². The van der Waals surface area contributed by atoms with Crippen LogP contribution in [0.2, 0.25) is 0 Å². The van der Waals surface area contributed by atoms with Crippen LogP contribution in [0.3, 0.4) is 0 Å². The molecule has 0 radical (unpaired) electrons. The van der Waals surface area contributed by atoms with Gasteiger partial charge in [0, 0.05) is 19.8 Å². The van der Waals surface area contributed by atoms with Crippen LogP contribution in [0.25, 0.3) is 0 Å². The molecule has 0 heterocycles. The van der Waals surface area contributed by atoms with Gasteiger partial charge in [0.2, 0.25) is 0 Å². The number of benzene rings is 1. The highest BCUT2D eigenvalue weighted by molar-refractivity contribution is 7.91. The summed E-state index contributed by atoms with van der Waals surface area (Å²) in [5.41, 5.74) is 6.30. The number of rotatable bonds is 4. The molecule has 0 aliphatic rings. The van der Waals surface area contributed by atoms with Crippen LogP contribution < -0.4 is 5.73 Å². The Labute approximate surface area is 104 Å². The van der Waals surface area contributed by atoms with E-state index in [2.05, 4.69) is 18.2 Å². The van der Waals surface area contributed by atoms with Gasteiger partial charge >= 0.3 is 0 Å². The maximum Gasteiger partial charge on any atom is 0.139 e. The lowest BCUT2D eigenvalue weighted by atomic mass is 10.2. The zero-order valence-electron chi connectivity index (χ0n) is 10.9. The second kappa shape index (κ2) is 5.51. The van der Waals surface area contributed by atoms with Crippen molar-refractivity contribution >= 4 is 15.6 Å². The molecule has 1 atom stereocenters. The van der Waals surface area contributed by atoms with Crippen molar-refractivity contribution in [2.45, 2.75) is 18.7 Å². The molecular weight excluding hydrogens is 234 g/mol. The standard InChI is InChI=1S/C12H21N3OS/c1-10(2)9-14-17(16,15(3)4)12-7-5-11(13)6-8-12/h5-8,10H,9,13H2,1-4H3. The van der Waals surface area contributed by atoms with E-state index in [1.165, 1.54) is 0 Å². The molecule has 4 nitrogen and oxygen atoms in total. The molecule has 0 saturated heterocycles. The van der Waals surface area contributed by atoms with Crippen LogP contribution in [0, 0.1) is 5.92 Å². The predicted octanol–water partition coefficient (Wildman–Crippen LogP) is 2.23. The van der Waals surface area contributed by atoms with Gasteiger partial charge in [0.25, 0.3) is 0 Å². The monoisotopic (exact) mass is 255 g/mol. The van der Waals surface area contributed by atoms with Crippen LogP contribution in [0.4, 0.5) is 5.69 Å². The molecule has 0 aromatic heterocycles. The molecule has 1 unspecified atom stereocenters. The van der Waals surface area contributed by atoms with E-state index in [-0.39, 0.29) is 0 Å². The SMILES string of the molecule is CC(C)CN=S(=O)(c1ccc(N)cc1)N(C)C. The van der Waals surface area contributed by atoms with Crippen molar-refractivity contribution in [3.8, 4) is 0 Å². The van der Waals surface area contributed by atoms with Gasteiger partial charge in [0.1, 0.15) is 9.92 Å². The number of nitrogens with zero attached hydrogens (tertiary/aromatic N) is 2. The van der Waals surface area contributed by atoms with Crippen LogP contribution in [-0.2, 0) is 9.92 Å². The fraction of sp³-hybridized carbons (Fsp3) is 0.500. The molecule has 96 valence electrons. The highest BCUT2D eigenvalue weighted by Gasteiger charge is 2.15. The Kier molecular flexibility index (Phi) is 4.54. The van der Waals surface area contributed by atoms with E-state index in [0.717, 1.165) is 0 Å². The van der Waals surface area contributed by atoms with E-state index < -0.39 is 9.92 Å². The first-order chi connectivity index (χ1) is 7.86. The molecule has 1 aromatic carbocycles. The summed E-state index contributed by atoms with van der Waals surface area (Å²) in [4.78, 5) is 0.706. The zero-order chi connectivity index (χ0) is 13.1. The normalized spacial score (nSPS) is 14.9. The lowest BCUT2D eigenvalue weighted by molar-refractivity contribution is 0.581. The minimum Gasteiger partial charge on any atom is -0.399 e. The van der Waals surface area contributed by atoms with E-state index in [1.807, 2.05) is 0 Å². The Hall–Kier alpha value is -1.07. The van der Waals surface area contributed by atoms with Crippen LogP contribution in [0.1, 0.15) is 13.8 Å². The molecule has 2 N–H and O–H groups in total. The molecule has 0 aliphatic heterocycles. The maximum absolute atomic E-state index is 12.8. The Balaban J connectivity index is 3.21. The van der Waals surface area contributed by atoms with Crippen LogP contribution in [0.5, 0.6) is 0 Å². The van der Waals surface area contributed by atoms with Crippen molar-refractivity contribution in [1.29, 1.82) is 0 Å². The van der Waals surface area contributed by atoms with E-state index in [9.17, 15) is 4.21 Å². The summed E-state index contributed by atoms with van der Waals surface area (Å²) in [5, 5.41) is 0. The van der Waals surface area contributed by atoms with Gasteiger partial charge < -0.3 is 5.73 Å². The summed E-state index contributed by atoms with van der Waals surface area (Å²) in [5.74, 6) is 0.393. The highest BCUT2D eigenvalue weighted by atomic mass is 32.2. The summed E-state index contributed by atoms with van der Waals surface area (Å²) in [7, 11) is 1.07. The van der Waals surface area contributed by atoms with Crippen LogP contribution >= 0.6 is 0 Å². The molecule has 0 fully saturated rings. The summed E-state index contributed by atoms with van der Waals surface area (Å²) in [6, 6.07) is 7.07. The number of anilines is 1. The molecule has 17 heavy (non-hydrogen) atoms. The Morgan fingerprint density at radius 3 is 2.24 bits per heavy atom. The maximum atomic E-state index is 12.8. The minimum absolute atomic E-state index is 0.393. The lowest BCUT2D eigenvalue weighted by Crippen LogP contribution is -2.23. The third-order valence-electron chi connectivity index (χ3n) is 2.30. The number of hydrogen-bond acceptors (Lipinski definition) is 3. The molecule has 0 amide bonds. The minimum atomic E-state index is -2.49. The molecule has 5 heteroatoms. The van der Waals surface area contributed by atoms with Crippen molar-refractivity contribution in [2.24, 2.45) is 10.3 Å². The number of hydrogen-bond donors (Lipinski definition) is 1. The smallest absolute Gasteiger partial charge is 0.139 e. The number of nitrogen functional groups attached to an aromatic ring is 1. The lowest BCUT2D eigenvalue weighted by Gasteiger charge is -2.18. The van der Waals surface area contributed by atoms with Crippen molar-refractivity contribution in [2.75, 3.05) is 26.4 Å². The first-order valence-electron chi connectivity index (χ1n) is 5.62. The van der Waals surface area contributed by atoms with Gasteiger partial charge in [0.15, 0.2) is 0 Å². The first-order valence-corrected chi connectivity index (χ1v) is 7.09. The summed E-state index contributed by atoms with van der Waals surface area (Å²) in [6.07, 6.45) is 0. The highest BCUT2D eigenvalue weighted by Crippen LogP contribution is 2.18. The van der Waals surface area contributed by atoms with E-state index in [1.54, 1.807) is 42.7 Å².